The van der Waals surface area contributed by atoms with Gasteiger partial charge in [0, 0.05) is 0 Å². The zero-order valence-electron chi connectivity index (χ0n) is 9.33. The van der Waals surface area contributed by atoms with Crippen molar-refractivity contribution in [2.75, 3.05) is 7.11 Å². The van der Waals surface area contributed by atoms with Crippen LogP contribution < -0.4 is 15.4 Å². The van der Waals surface area contributed by atoms with Crippen LogP contribution in [0.1, 0.15) is 12.5 Å². The molecular formula is C11H11BrN2O3. The molecule has 3 amide bonds. The number of amides is 3. The van der Waals surface area contributed by atoms with Crippen molar-refractivity contribution in [3.05, 3.63) is 28.2 Å². The minimum absolute atomic E-state index is 0.362. The normalized spacial score (nSPS) is 23.2. The van der Waals surface area contributed by atoms with E-state index in [1.807, 2.05) is 0 Å². The molecular weight excluding hydrogens is 288 g/mol. The fourth-order valence-corrected chi connectivity index (χ4v) is 2.26. The van der Waals surface area contributed by atoms with Crippen molar-refractivity contribution in [2.24, 2.45) is 0 Å². The lowest BCUT2D eigenvalue weighted by atomic mass is 9.92. The third kappa shape index (κ3) is 1.88. The van der Waals surface area contributed by atoms with Crippen LogP contribution in [-0.2, 0) is 10.3 Å². The summed E-state index contributed by atoms with van der Waals surface area (Å²) in [5, 5.41) is 4.82. The van der Waals surface area contributed by atoms with Crippen molar-refractivity contribution in [1.29, 1.82) is 0 Å². The average molecular weight is 299 g/mol. The largest absolute Gasteiger partial charge is 0.496 e. The first kappa shape index (κ1) is 11.9. The third-order valence-corrected chi connectivity index (χ3v) is 3.39. The number of ether oxygens (including phenoxy) is 1. The summed E-state index contributed by atoms with van der Waals surface area (Å²) in [6, 6.07) is 4.76. The Morgan fingerprint density at radius 3 is 2.53 bits per heavy atom. The van der Waals surface area contributed by atoms with Gasteiger partial charge < -0.3 is 10.1 Å². The molecule has 0 aromatic heterocycles. The predicted molar refractivity (Wildman–Crippen MR) is 64.7 cm³/mol. The summed E-state index contributed by atoms with van der Waals surface area (Å²) in [4.78, 5) is 22.9. The van der Waals surface area contributed by atoms with Gasteiger partial charge in [-0.05, 0) is 40.5 Å². The van der Waals surface area contributed by atoms with Crippen molar-refractivity contribution in [3.8, 4) is 5.75 Å². The molecule has 1 atom stereocenters. The van der Waals surface area contributed by atoms with Crippen molar-refractivity contribution in [1.82, 2.24) is 10.6 Å². The lowest BCUT2D eigenvalue weighted by Gasteiger charge is -2.21. The highest BCUT2D eigenvalue weighted by atomic mass is 79.9. The first-order chi connectivity index (χ1) is 7.97. The van der Waals surface area contributed by atoms with Gasteiger partial charge in [-0.25, -0.2) is 4.79 Å². The number of carbonyl (C=O) groups is 2. The van der Waals surface area contributed by atoms with Crippen molar-refractivity contribution in [2.45, 2.75) is 12.5 Å². The van der Waals surface area contributed by atoms with Gasteiger partial charge in [0.2, 0.25) is 0 Å². The second-order valence-corrected chi connectivity index (χ2v) is 4.74. The highest BCUT2D eigenvalue weighted by Gasteiger charge is 2.43. The van der Waals surface area contributed by atoms with Crippen LogP contribution >= 0.6 is 15.9 Å². The fraction of sp³-hybridized carbons (Fsp3) is 0.273. The smallest absolute Gasteiger partial charge is 0.322 e. The summed E-state index contributed by atoms with van der Waals surface area (Å²) in [6.45, 7) is 1.65. The van der Waals surface area contributed by atoms with Crippen LogP contribution in [0.4, 0.5) is 4.79 Å². The van der Waals surface area contributed by atoms with Gasteiger partial charge in [-0.2, -0.15) is 0 Å². The number of methoxy groups -OCH3 is 1. The Morgan fingerprint density at radius 1 is 1.35 bits per heavy atom. The summed E-state index contributed by atoms with van der Waals surface area (Å²) in [5.41, 5.74) is -0.347. The van der Waals surface area contributed by atoms with Crippen LogP contribution in [0, 0.1) is 0 Å². The van der Waals surface area contributed by atoms with E-state index in [4.69, 9.17) is 4.74 Å². The van der Waals surface area contributed by atoms with Gasteiger partial charge in [0.1, 0.15) is 11.3 Å². The first-order valence-electron chi connectivity index (χ1n) is 4.95. The number of benzene rings is 1. The molecule has 0 radical (unpaired) electrons. The second-order valence-electron chi connectivity index (χ2n) is 3.88. The number of nitrogens with one attached hydrogen (secondary N) is 2. The zero-order chi connectivity index (χ0) is 12.6. The van der Waals surface area contributed by atoms with Gasteiger partial charge >= 0.3 is 6.03 Å². The van der Waals surface area contributed by atoms with Crippen LogP contribution in [0.25, 0.3) is 0 Å². The minimum Gasteiger partial charge on any atom is -0.496 e. The van der Waals surface area contributed by atoms with Gasteiger partial charge in [0.05, 0.1) is 11.6 Å². The fourth-order valence-electron chi connectivity index (χ4n) is 1.72. The SMILES string of the molecule is COc1ccc(C2(C)NC(=O)NC2=O)cc1Br. The topological polar surface area (TPSA) is 67.4 Å². The number of rotatable bonds is 2. The van der Waals surface area contributed by atoms with E-state index in [1.54, 1.807) is 32.2 Å². The first-order valence-corrected chi connectivity index (χ1v) is 5.74. The molecule has 0 aliphatic carbocycles. The number of hydrogen-bond donors (Lipinski definition) is 2. The van der Waals surface area contributed by atoms with E-state index in [9.17, 15) is 9.59 Å². The molecule has 5 nitrogen and oxygen atoms in total. The van der Waals surface area contributed by atoms with Crippen molar-refractivity contribution >= 4 is 27.9 Å². The van der Waals surface area contributed by atoms with Crippen LogP contribution in [0.15, 0.2) is 22.7 Å². The Kier molecular flexibility index (Phi) is 2.82. The van der Waals surface area contributed by atoms with Crippen LogP contribution in [0.3, 0.4) is 0 Å². The van der Waals surface area contributed by atoms with E-state index < -0.39 is 11.6 Å². The van der Waals surface area contributed by atoms with Crippen molar-refractivity contribution in [3.63, 3.8) is 0 Å². The maximum absolute atomic E-state index is 11.7. The van der Waals surface area contributed by atoms with E-state index in [-0.39, 0.29) is 5.91 Å². The van der Waals surface area contributed by atoms with E-state index in [0.717, 1.165) is 4.47 Å². The maximum Gasteiger partial charge on any atom is 0.322 e. The average Bonchev–Trinajstić information content (AvgIpc) is 2.53. The molecule has 2 rings (SSSR count). The summed E-state index contributed by atoms with van der Waals surface area (Å²) >= 11 is 3.34. The molecule has 1 heterocycles. The molecule has 1 aromatic carbocycles. The number of urea groups is 1. The van der Waals surface area contributed by atoms with Crippen LogP contribution in [0.2, 0.25) is 0 Å². The van der Waals surface area contributed by atoms with E-state index in [1.165, 1.54) is 0 Å². The van der Waals surface area contributed by atoms with E-state index in [0.29, 0.717) is 11.3 Å². The second kappa shape index (κ2) is 4.03. The van der Waals surface area contributed by atoms with Gasteiger partial charge in [-0.1, -0.05) is 6.07 Å². The number of halogens is 1. The van der Waals surface area contributed by atoms with Crippen molar-refractivity contribution < 1.29 is 14.3 Å². The van der Waals surface area contributed by atoms with Gasteiger partial charge in [0.15, 0.2) is 0 Å². The molecule has 1 fully saturated rings. The Balaban J connectivity index is 2.44. The lowest BCUT2D eigenvalue weighted by Crippen LogP contribution is -2.40. The number of imide groups is 1. The molecule has 2 N–H and O–H groups in total. The molecule has 17 heavy (non-hydrogen) atoms. The molecule has 0 saturated carbocycles. The Hall–Kier alpha value is -1.56. The van der Waals surface area contributed by atoms with E-state index in [2.05, 4.69) is 26.6 Å². The minimum atomic E-state index is -1.04. The predicted octanol–water partition coefficient (Wildman–Crippen LogP) is 1.51. The maximum atomic E-state index is 11.7. The highest BCUT2D eigenvalue weighted by Crippen LogP contribution is 2.31. The Labute approximate surface area is 107 Å². The van der Waals surface area contributed by atoms with Crippen LogP contribution in [-0.4, -0.2) is 19.0 Å². The monoisotopic (exact) mass is 298 g/mol. The summed E-state index contributed by atoms with van der Waals surface area (Å²) in [5.74, 6) is 0.307. The molecule has 1 aliphatic rings. The Bertz CT molecular complexity index is 503. The van der Waals surface area contributed by atoms with Crippen LogP contribution in [0.5, 0.6) is 5.75 Å². The zero-order valence-corrected chi connectivity index (χ0v) is 10.9. The quantitative estimate of drug-likeness (QED) is 0.814. The summed E-state index contributed by atoms with van der Waals surface area (Å²) < 4.78 is 5.84. The highest BCUT2D eigenvalue weighted by molar-refractivity contribution is 9.10. The van der Waals surface area contributed by atoms with E-state index >= 15 is 0 Å². The molecule has 1 aliphatic heterocycles. The summed E-state index contributed by atoms with van der Waals surface area (Å²) in [6.07, 6.45) is 0. The molecule has 1 aromatic rings. The number of hydrogen-bond acceptors (Lipinski definition) is 3. The molecule has 90 valence electrons. The molecule has 0 bridgehead atoms. The lowest BCUT2D eigenvalue weighted by molar-refractivity contribution is -0.123. The molecule has 0 spiro atoms. The molecule has 6 heteroatoms. The van der Waals surface area contributed by atoms with Gasteiger partial charge in [-0.15, -0.1) is 0 Å². The summed E-state index contributed by atoms with van der Waals surface area (Å²) in [7, 11) is 1.56. The Morgan fingerprint density at radius 2 is 2.06 bits per heavy atom. The molecule has 1 saturated heterocycles. The number of carbonyl (C=O) groups excluding carboxylic acids is 2. The van der Waals surface area contributed by atoms with Gasteiger partial charge in [0.25, 0.3) is 5.91 Å². The third-order valence-electron chi connectivity index (χ3n) is 2.77. The molecule has 1 unspecified atom stereocenters. The standard InChI is InChI=1S/C11H11BrN2O3/c1-11(9(15)13-10(16)14-11)6-3-4-8(17-2)7(12)5-6/h3-5H,1-2H3,(H2,13,14,15,16). The van der Waals surface area contributed by atoms with Gasteiger partial charge in [-0.3, -0.25) is 10.1 Å².